The number of carbonyl (C=O) groups is 1. The average Bonchev–Trinajstić information content (AvgIpc) is 2.96. The van der Waals surface area contributed by atoms with Gasteiger partial charge in [0.15, 0.2) is 11.6 Å². The third-order valence-electron chi connectivity index (χ3n) is 3.49. The second-order valence-corrected chi connectivity index (χ2v) is 7.81. The Morgan fingerprint density at radius 1 is 1.19 bits per heavy atom. The lowest BCUT2D eigenvalue weighted by molar-refractivity contribution is 0.0977. The number of nitrogens with one attached hydrogen (secondary N) is 1. The number of rotatable bonds is 4. The average molecular weight is 429 g/mol. The van der Waals surface area contributed by atoms with Gasteiger partial charge >= 0.3 is 0 Å². The third-order valence-corrected chi connectivity index (χ3v) is 5.78. The summed E-state index contributed by atoms with van der Waals surface area (Å²) in [5, 5.41) is -0.278. The number of imidazole rings is 1. The zero-order valence-corrected chi connectivity index (χ0v) is 16.0. The zero-order valence-electron chi connectivity index (χ0n) is 13.6. The van der Waals surface area contributed by atoms with Gasteiger partial charge in [0.05, 0.1) is 10.0 Å². The maximum absolute atomic E-state index is 13.9. The molecule has 140 valence electrons. The van der Waals surface area contributed by atoms with Crippen LogP contribution in [0.2, 0.25) is 10.0 Å². The van der Waals surface area contributed by atoms with Gasteiger partial charge in [0.2, 0.25) is 0 Å². The molecule has 27 heavy (non-hydrogen) atoms. The molecule has 0 bridgehead atoms. The van der Waals surface area contributed by atoms with E-state index in [0.717, 1.165) is 0 Å². The molecule has 1 amide bonds. The van der Waals surface area contributed by atoms with Crippen molar-refractivity contribution in [2.45, 2.75) is 4.90 Å². The summed E-state index contributed by atoms with van der Waals surface area (Å²) < 4.78 is 42.0. The van der Waals surface area contributed by atoms with Gasteiger partial charge in [-0.15, -0.1) is 0 Å². The number of pyridine rings is 1. The van der Waals surface area contributed by atoms with Gasteiger partial charge in [-0.1, -0.05) is 29.3 Å². The second-order valence-electron chi connectivity index (χ2n) is 5.38. The lowest BCUT2D eigenvalue weighted by Crippen LogP contribution is -2.31. The third kappa shape index (κ3) is 3.80. The fourth-order valence-corrected chi connectivity index (χ4v) is 4.42. The van der Waals surface area contributed by atoms with Gasteiger partial charge in [-0.2, -0.15) is 0 Å². The van der Waals surface area contributed by atoms with Crippen LogP contribution in [0.15, 0.2) is 47.6 Å². The van der Waals surface area contributed by atoms with E-state index in [1.807, 2.05) is 4.72 Å². The first kappa shape index (κ1) is 19.3. The molecule has 0 fully saturated rings. The molecule has 7 nitrogen and oxygen atoms in total. The molecular formula is C16H11Cl2FN4O3S. The molecule has 0 aliphatic heterocycles. The Morgan fingerprint density at radius 2 is 1.85 bits per heavy atom. The number of benzene rings is 1. The maximum Gasteiger partial charge on any atom is 0.285 e. The van der Waals surface area contributed by atoms with E-state index in [2.05, 4.69) is 9.97 Å². The molecule has 2 heterocycles. The van der Waals surface area contributed by atoms with Crippen LogP contribution in [-0.2, 0) is 17.1 Å². The lowest BCUT2D eigenvalue weighted by atomic mass is 10.3. The van der Waals surface area contributed by atoms with Crippen LogP contribution >= 0.6 is 23.2 Å². The van der Waals surface area contributed by atoms with Gasteiger partial charge in [0.1, 0.15) is 16.3 Å². The minimum atomic E-state index is -4.35. The van der Waals surface area contributed by atoms with E-state index in [-0.39, 0.29) is 27.3 Å². The first-order valence-corrected chi connectivity index (χ1v) is 9.60. The summed E-state index contributed by atoms with van der Waals surface area (Å²) in [7, 11) is -2.83. The molecule has 0 spiro atoms. The SMILES string of the molecule is Cn1cc(C(=O)NS(=O)(=O)c2c(Cl)cccc2Cl)nc1-c1ncccc1F. The minimum Gasteiger partial charge on any atom is -0.332 e. The first-order valence-electron chi connectivity index (χ1n) is 7.36. The monoisotopic (exact) mass is 428 g/mol. The van der Waals surface area contributed by atoms with Crippen molar-refractivity contribution in [1.82, 2.24) is 19.3 Å². The number of sulfonamides is 1. The van der Waals surface area contributed by atoms with Crippen molar-refractivity contribution in [3.05, 3.63) is 64.3 Å². The molecule has 0 aliphatic rings. The summed E-state index contributed by atoms with van der Waals surface area (Å²) in [6.07, 6.45) is 2.62. The van der Waals surface area contributed by atoms with Crippen molar-refractivity contribution >= 4 is 39.1 Å². The number of aryl methyl sites for hydroxylation is 1. The molecule has 0 saturated carbocycles. The number of hydrogen-bond acceptors (Lipinski definition) is 5. The van der Waals surface area contributed by atoms with Crippen molar-refractivity contribution in [1.29, 1.82) is 0 Å². The van der Waals surface area contributed by atoms with Crippen LogP contribution in [-0.4, -0.2) is 28.9 Å². The molecular weight excluding hydrogens is 418 g/mol. The standard InChI is InChI=1S/C16H11Cl2FN4O3S/c1-23-8-12(21-15(23)13-11(19)6-3-7-20-13)16(24)22-27(25,26)14-9(17)4-2-5-10(14)18/h2-8H,1H3,(H,22,24). The fraction of sp³-hybridized carbons (Fsp3) is 0.0625. The predicted octanol–water partition coefficient (Wildman–Crippen LogP) is 3.05. The highest BCUT2D eigenvalue weighted by molar-refractivity contribution is 7.90. The number of halogens is 3. The Kier molecular flexibility index (Phi) is 5.18. The van der Waals surface area contributed by atoms with Crippen LogP contribution in [0.3, 0.4) is 0 Å². The Morgan fingerprint density at radius 3 is 2.48 bits per heavy atom. The van der Waals surface area contributed by atoms with Crippen molar-refractivity contribution in [3.8, 4) is 11.5 Å². The summed E-state index contributed by atoms with van der Waals surface area (Å²) in [5.41, 5.74) is -0.319. The first-order chi connectivity index (χ1) is 12.7. The van der Waals surface area contributed by atoms with Gasteiger partial charge in [0, 0.05) is 19.4 Å². The van der Waals surface area contributed by atoms with E-state index in [0.29, 0.717) is 0 Å². The Bertz CT molecular complexity index is 1130. The summed E-state index contributed by atoms with van der Waals surface area (Å²) in [4.78, 5) is 19.8. The van der Waals surface area contributed by atoms with Gasteiger partial charge < -0.3 is 4.57 Å². The lowest BCUT2D eigenvalue weighted by Gasteiger charge is -2.08. The zero-order chi connectivity index (χ0) is 19.8. The summed E-state index contributed by atoms with van der Waals surface area (Å²) >= 11 is 11.8. The molecule has 0 atom stereocenters. The van der Waals surface area contributed by atoms with E-state index >= 15 is 0 Å². The highest BCUT2D eigenvalue weighted by Crippen LogP contribution is 2.29. The number of nitrogens with zero attached hydrogens (tertiary/aromatic N) is 3. The Hall–Kier alpha value is -2.49. The van der Waals surface area contributed by atoms with Gasteiger partial charge in [-0.05, 0) is 24.3 Å². The highest BCUT2D eigenvalue weighted by atomic mass is 35.5. The van der Waals surface area contributed by atoms with E-state index in [1.165, 1.54) is 54.3 Å². The summed E-state index contributed by atoms with van der Waals surface area (Å²) in [5.74, 6) is -1.59. The highest BCUT2D eigenvalue weighted by Gasteiger charge is 2.26. The van der Waals surface area contributed by atoms with Crippen molar-refractivity contribution in [2.24, 2.45) is 7.05 Å². The smallest absolute Gasteiger partial charge is 0.285 e. The number of hydrogen-bond donors (Lipinski definition) is 1. The van der Waals surface area contributed by atoms with Crippen LogP contribution in [0, 0.1) is 5.82 Å². The molecule has 0 saturated heterocycles. The molecule has 1 N–H and O–H groups in total. The van der Waals surface area contributed by atoms with E-state index < -0.39 is 26.6 Å². The maximum atomic E-state index is 13.9. The fourth-order valence-electron chi connectivity index (χ4n) is 2.31. The van der Waals surface area contributed by atoms with Gasteiger partial charge in [0.25, 0.3) is 15.9 Å². The van der Waals surface area contributed by atoms with E-state index in [4.69, 9.17) is 23.2 Å². The molecule has 2 aromatic heterocycles. The summed E-state index contributed by atoms with van der Waals surface area (Å²) in [6, 6.07) is 6.73. The van der Waals surface area contributed by atoms with E-state index in [9.17, 15) is 17.6 Å². The second kappa shape index (κ2) is 7.26. The van der Waals surface area contributed by atoms with Gasteiger partial charge in [-0.25, -0.2) is 27.5 Å². The molecule has 0 unspecified atom stereocenters. The number of amides is 1. The predicted molar refractivity (Wildman–Crippen MR) is 97.5 cm³/mol. The van der Waals surface area contributed by atoms with Crippen molar-refractivity contribution in [3.63, 3.8) is 0 Å². The van der Waals surface area contributed by atoms with E-state index in [1.54, 1.807) is 0 Å². The molecule has 0 radical (unpaired) electrons. The topological polar surface area (TPSA) is 94.0 Å². The molecule has 0 aliphatic carbocycles. The normalized spacial score (nSPS) is 11.4. The van der Waals surface area contributed by atoms with Crippen LogP contribution in [0.25, 0.3) is 11.5 Å². The van der Waals surface area contributed by atoms with Crippen LogP contribution in [0.1, 0.15) is 10.5 Å². The largest absolute Gasteiger partial charge is 0.332 e. The minimum absolute atomic E-state index is 0.0615. The quantitative estimate of drug-likeness (QED) is 0.688. The van der Waals surface area contributed by atoms with Crippen LogP contribution in [0.4, 0.5) is 4.39 Å². The number of aromatic nitrogens is 3. The molecule has 3 aromatic rings. The Balaban J connectivity index is 1.94. The van der Waals surface area contributed by atoms with Crippen LogP contribution in [0.5, 0.6) is 0 Å². The van der Waals surface area contributed by atoms with Crippen molar-refractivity contribution < 1.29 is 17.6 Å². The van der Waals surface area contributed by atoms with Gasteiger partial charge in [-0.3, -0.25) is 4.79 Å². The Labute approximate surface area is 163 Å². The number of carbonyl (C=O) groups excluding carboxylic acids is 1. The summed E-state index contributed by atoms with van der Waals surface area (Å²) in [6.45, 7) is 0. The molecule has 1 aromatic carbocycles. The van der Waals surface area contributed by atoms with Crippen LogP contribution < -0.4 is 4.72 Å². The molecule has 3 rings (SSSR count). The molecule has 11 heteroatoms. The van der Waals surface area contributed by atoms with Crippen molar-refractivity contribution in [2.75, 3.05) is 0 Å².